The molecule has 2 heterocycles. The Balaban J connectivity index is 1.53. The fourth-order valence-corrected chi connectivity index (χ4v) is 3.23. The Kier molecular flexibility index (Phi) is 5.38. The Bertz CT molecular complexity index is 1260. The third-order valence-electron chi connectivity index (χ3n) is 5.03. The molecule has 0 radical (unpaired) electrons. The van der Waals surface area contributed by atoms with Crippen LogP contribution in [-0.2, 0) is 24.3 Å². The number of carbonyl (C=O) groups excluding carboxylic acids is 1. The van der Waals surface area contributed by atoms with Crippen molar-refractivity contribution >= 4 is 22.8 Å². The summed E-state index contributed by atoms with van der Waals surface area (Å²) >= 11 is 0. The predicted molar refractivity (Wildman–Crippen MR) is 114 cm³/mol. The summed E-state index contributed by atoms with van der Waals surface area (Å²) in [4.78, 5) is 29.5. The third kappa shape index (κ3) is 3.98. The average Bonchev–Trinajstić information content (AvgIpc) is 3.16. The fraction of sp³-hybridized carbons (Fsp3) is 0.227. The first-order valence-electron chi connectivity index (χ1n) is 9.77. The second-order valence-electron chi connectivity index (χ2n) is 7.12. The van der Waals surface area contributed by atoms with Gasteiger partial charge < -0.3 is 5.32 Å². The van der Waals surface area contributed by atoms with Crippen molar-refractivity contribution in [2.75, 3.05) is 5.32 Å². The fourth-order valence-electron chi connectivity index (χ4n) is 3.23. The highest BCUT2D eigenvalue weighted by Crippen LogP contribution is 2.12. The first-order valence-corrected chi connectivity index (χ1v) is 9.77. The van der Waals surface area contributed by atoms with Gasteiger partial charge in [-0.2, -0.15) is 0 Å². The van der Waals surface area contributed by atoms with Crippen LogP contribution in [-0.4, -0.2) is 30.5 Å². The van der Waals surface area contributed by atoms with Gasteiger partial charge in [-0.1, -0.05) is 48.5 Å². The van der Waals surface area contributed by atoms with Crippen molar-refractivity contribution in [3.8, 4) is 0 Å². The van der Waals surface area contributed by atoms with Gasteiger partial charge in [-0.15, -0.1) is 5.10 Å². The van der Waals surface area contributed by atoms with Crippen molar-refractivity contribution in [3.63, 3.8) is 0 Å². The van der Waals surface area contributed by atoms with Gasteiger partial charge in [0.25, 0.3) is 5.56 Å². The molecule has 152 valence electrons. The van der Waals surface area contributed by atoms with E-state index in [1.54, 1.807) is 4.68 Å². The van der Waals surface area contributed by atoms with E-state index in [1.807, 2.05) is 55.5 Å². The maximum atomic E-state index is 12.8. The van der Waals surface area contributed by atoms with Crippen LogP contribution < -0.4 is 10.9 Å². The van der Waals surface area contributed by atoms with E-state index in [9.17, 15) is 9.59 Å². The third-order valence-corrected chi connectivity index (χ3v) is 5.03. The Hall–Kier alpha value is -3.81. The number of aryl methyl sites for hydroxylation is 2. The Morgan fingerprint density at radius 3 is 2.60 bits per heavy atom. The quantitative estimate of drug-likeness (QED) is 0.535. The molecule has 8 nitrogen and oxygen atoms in total. The summed E-state index contributed by atoms with van der Waals surface area (Å²) in [6.07, 6.45) is 2.29. The first-order chi connectivity index (χ1) is 14.5. The number of rotatable bonds is 6. The molecule has 0 saturated heterocycles. The van der Waals surface area contributed by atoms with Crippen LogP contribution in [0.4, 0.5) is 5.69 Å². The highest BCUT2D eigenvalue weighted by atomic mass is 16.2. The minimum atomic E-state index is -0.396. The van der Waals surface area contributed by atoms with E-state index in [4.69, 9.17) is 0 Å². The highest BCUT2D eigenvalue weighted by molar-refractivity contribution is 5.90. The number of nitrogens with one attached hydrogen (secondary N) is 1. The van der Waals surface area contributed by atoms with E-state index in [1.165, 1.54) is 16.5 Å². The summed E-state index contributed by atoms with van der Waals surface area (Å²) in [5.74, 6) is -0.310. The molecule has 2 aromatic heterocycles. The van der Waals surface area contributed by atoms with E-state index in [0.717, 1.165) is 17.5 Å². The maximum Gasteiger partial charge on any atom is 0.283 e. The summed E-state index contributed by atoms with van der Waals surface area (Å²) in [6, 6.07) is 15.6. The SMILES string of the molecule is CCc1ccc(NC(=O)Cn2cnc3c(nnn3Cc3ccccc3C)c2=O)cc1. The number of benzene rings is 2. The monoisotopic (exact) mass is 402 g/mol. The van der Waals surface area contributed by atoms with Crippen molar-refractivity contribution in [3.05, 3.63) is 81.9 Å². The Labute approximate surface area is 173 Å². The van der Waals surface area contributed by atoms with Crippen molar-refractivity contribution < 1.29 is 4.79 Å². The van der Waals surface area contributed by atoms with Gasteiger partial charge in [0.15, 0.2) is 11.2 Å². The molecule has 2 aromatic carbocycles. The lowest BCUT2D eigenvalue weighted by molar-refractivity contribution is -0.116. The normalized spacial score (nSPS) is 11.0. The van der Waals surface area contributed by atoms with Crippen LogP contribution in [0.5, 0.6) is 0 Å². The summed E-state index contributed by atoms with van der Waals surface area (Å²) in [5.41, 5.74) is 4.21. The van der Waals surface area contributed by atoms with Crippen LogP contribution in [0.15, 0.2) is 59.7 Å². The minimum Gasteiger partial charge on any atom is -0.325 e. The van der Waals surface area contributed by atoms with Gasteiger partial charge in [0.2, 0.25) is 5.91 Å². The van der Waals surface area contributed by atoms with Gasteiger partial charge in [0.1, 0.15) is 12.9 Å². The summed E-state index contributed by atoms with van der Waals surface area (Å²) in [6.45, 7) is 4.40. The molecule has 30 heavy (non-hydrogen) atoms. The molecular formula is C22H22N6O2. The standard InChI is InChI=1S/C22H22N6O2/c1-3-16-8-10-18(11-9-16)24-19(29)13-27-14-23-21-20(22(27)30)25-26-28(21)12-17-7-5-4-6-15(17)2/h4-11,14H,3,12-13H2,1-2H3,(H,24,29). The molecule has 0 aliphatic heterocycles. The van der Waals surface area contributed by atoms with Gasteiger partial charge in [-0.25, -0.2) is 9.67 Å². The molecule has 0 atom stereocenters. The molecular weight excluding hydrogens is 380 g/mol. The second kappa shape index (κ2) is 8.28. The minimum absolute atomic E-state index is 0.145. The van der Waals surface area contributed by atoms with Crippen LogP contribution in [0.3, 0.4) is 0 Å². The topological polar surface area (TPSA) is 94.7 Å². The van der Waals surface area contributed by atoms with Gasteiger partial charge in [0.05, 0.1) is 6.54 Å². The zero-order valence-corrected chi connectivity index (χ0v) is 16.9. The zero-order valence-electron chi connectivity index (χ0n) is 16.9. The number of amides is 1. The van der Waals surface area contributed by atoms with E-state index < -0.39 is 5.56 Å². The molecule has 0 aliphatic rings. The number of anilines is 1. The van der Waals surface area contributed by atoms with Crippen molar-refractivity contribution in [1.29, 1.82) is 0 Å². The molecule has 0 aliphatic carbocycles. The lowest BCUT2D eigenvalue weighted by atomic mass is 10.1. The molecule has 0 spiro atoms. The number of aromatic nitrogens is 5. The Morgan fingerprint density at radius 2 is 1.87 bits per heavy atom. The average molecular weight is 402 g/mol. The van der Waals surface area contributed by atoms with Crippen molar-refractivity contribution in [1.82, 2.24) is 24.5 Å². The summed E-state index contributed by atoms with van der Waals surface area (Å²) < 4.78 is 2.84. The van der Waals surface area contributed by atoms with Crippen molar-refractivity contribution in [2.24, 2.45) is 0 Å². The van der Waals surface area contributed by atoms with Crippen molar-refractivity contribution in [2.45, 2.75) is 33.4 Å². The van der Waals surface area contributed by atoms with Gasteiger partial charge in [-0.3, -0.25) is 14.2 Å². The van der Waals surface area contributed by atoms with E-state index in [2.05, 4.69) is 27.5 Å². The number of carbonyl (C=O) groups is 1. The first kappa shape index (κ1) is 19.5. The van der Waals surface area contributed by atoms with Crippen LogP contribution >= 0.6 is 0 Å². The molecule has 1 amide bonds. The second-order valence-corrected chi connectivity index (χ2v) is 7.12. The van der Waals surface area contributed by atoms with Gasteiger partial charge in [0, 0.05) is 5.69 Å². The van der Waals surface area contributed by atoms with E-state index >= 15 is 0 Å². The lowest BCUT2D eigenvalue weighted by Gasteiger charge is -2.08. The molecule has 4 aromatic rings. The molecule has 0 saturated carbocycles. The van der Waals surface area contributed by atoms with E-state index in [0.29, 0.717) is 17.9 Å². The summed E-state index contributed by atoms with van der Waals surface area (Å²) in [5, 5.41) is 10.9. The largest absolute Gasteiger partial charge is 0.325 e. The molecule has 0 bridgehead atoms. The molecule has 8 heteroatoms. The predicted octanol–water partition coefficient (Wildman–Crippen LogP) is 2.55. The smallest absolute Gasteiger partial charge is 0.283 e. The zero-order chi connectivity index (χ0) is 21.1. The van der Waals surface area contributed by atoms with Crippen LogP contribution in [0.2, 0.25) is 0 Å². The number of hydrogen-bond acceptors (Lipinski definition) is 5. The number of fused-ring (bicyclic) bond motifs is 1. The molecule has 0 fully saturated rings. The molecule has 1 N–H and O–H groups in total. The van der Waals surface area contributed by atoms with Crippen LogP contribution in [0.25, 0.3) is 11.2 Å². The van der Waals surface area contributed by atoms with Crippen LogP contribution in [0, 0.1) is 6.92 Å². The maximum absolute atomic E-state index is 12.8. The molecule has 0 unspecified atom stereocenters. The van der Waals surface area contributed by atoms with Gasteiger partial charge in [-0.05, 0) is 42.2 Å². The highest BCUT2D eigenvalue weighted by Gasteiger charge is 2.14. The van der Waals surface area contributed by atoms with E-state index in [-0.39, 0.29) is 18.0 Å². The van der Waals surface area contributed by atoms with Gasteiger partial charge >= 0.3 is 0 Å². The summed E-state index contributed by atoms with van der Waals surface area (Å²) in [7, 11) is 0. The Morgan fingerprint density at radius 1 is 1.10 bits per heavy atom. The number of hydrogen-bond donors (Lipinski definition) is 1. The lowest BCUT2D eigenvalue weighted by Crippen LogP contribution is -2.28. The molecule has 4 rings (SSSR count). The van der Waals surface area contributed by atoms with Crippen LogP contribution in [0.1, 0.15) is 23.6 Å². The number of nitrogens with zero attached hydrogens (tertiary/aromatic N) is 5.